The highest BCUT2D eigenvalue weighted by molar-refractivity contribution is 5.77. The maximum absolute atomic E-state index is 14.1. The summed E-state index contributed by atoms with van der Waals surface area (Å²) < 4.78 is 14.1. The van der Waals surface area contributed by atoms with Gasteiger partial charge in [-0.25, -0.2) is 4.39 Å². The summed E-state index contributed by atoms with van der Waals surface area (Å²) in [5.41, 5.74) is 6.33. The molecule has 19 heavy (non-hydrogen) atoms. The molecule has 1 saturated heterocycles. The Kier molecular flexibility index (Phi) is 4.04. The zero-order chi connectivity index (χ0) is 14.0. The van der Waals surface area contributed by atoms with Gasteiger partial charge in [-0.3, -0.25) is 4.79 Å². The van der Waals surface area contributed by atoms with Crippen LogP contribution in [-0.4, -0.2) is 24.1 Å². The molecule has 4 nitrogen and oxygen atoms in total. The average Bonchev–Trinajstić information content (AvgIpc) is 2.38. The van der Waals surface area contributed by atoms with Gasteiger partial charge in [-0.2, -0.15) is 0 Å². The molecule has 1 aromatic carbocycles. The lowest BCUT2D eigenvalue weighted by atomic mass is 9.96. The number of halogens is 1. The fraction of sp³-hybridized carbons (Fsp3) is 0.500. The highest BCUT2D eigenvalue weighted by atomic mass is 19.1. The highest BCUT2D eigenvalue weighted by Crippen LogP contribution is 2.27. The summed E-state index contributed by atoms with van der Waals surface area (Å²) in [4.78, 5) is 13.1. The summed E-state index contributed by atoms with van der Waals surface area (Å²) in [6.07, 6.45) is 0.896. The Hall–Kier alpha value is -1.62. The first kappa shape index (κ1) is 13.8. The molecule has 1 aromatic rings. The molecule has 1 unspecified atom stereocenters. The molecule has 1 fully saturated rings. The lowest BCUT2D eigenvalue weighted by Gasteiger charge is -2.33. The standard InChI is InChI=1S/C14H19FN2O2/c1-9(18)10-4-5-13(12(15)7-10)17-6-2-3-11(8-17)14(16)19/h4-5,7,9,11,18H,2-3,6,8H2,1H3,(H2,16,19)/t9-,11?/m0/s1. The van der Waals surface area contributed by atoms with Gasteiger partial charge < -0.3 is 15.7 Å². The van der Waals surface area contributed by atoms with E-state index in [0.29, 0.717) is 24.3 Å². The average molecular weight is 266 g/mol. The van der Waals surface area contributed by atoms with Gasteiger partial charge >= 0.3 is 0 Å². The van der Waals surface area contributed by atoms with Crippen LogP contribution in [0.4, 0.5) is 10.1 Å². The fourth-order valence-electron chi connectivity index (χ4n) is 2.47. The molecule has 5 heteroatoms. The Morgan fingerprint density at radius 2 is 2.32 bits per heavy atom. The van der Waals surface area contributed by atoms with Crippen molar-refractivity contribution >= 4 is 11.6 Å². The topological polar surface area (TPSA) is 66.6 Å². The molecule has 1 aliphatic rings. The van der Waals surface area contributed by atoms with Gasteiger partial charge in [0.1, 0.15) is 5.82 Å². The number of piperidine rings is 1. The third-order valence-corrected chi connectivity index (χ3v) is 3.62. The van der Waals surface area contributed by atoms with Gasteiger partial charge in [0, 0.05) is 13.1 Å². The summed E-state index contributed by atoms with van der Waals surface area (Å²) in [6.45, 7) is 2.77. The number of primary amides is 1. The quantitative estimate of drug-likeness (QED) is 0.873. The molecule has 1 heterocycles. The van der Waals surface area contributed by atoms with E-state index in [1.54, 1.807) is 19.1 Å². The number of aliphatic hydroxyl groups excluding tert-OH is 1. The predicted octanol–water partition coefficient (Wildman–Crippen LogP) is 1.58. The number of hydrogen-bond acceptors (Lipinski definition) is 3. The minimum absolute atomic E-state index is 0.218. The van der Waals surface area contributed by atoms with Gasteiger partial charge in [0.25, 0.3) is 0 Å². The highest BCUT2D eigenvalue weighted by Gasteiger charge is 2.25. The van der Waals surface area contributed by atoms with E-state index in [2.05, 4.69) is 0 Å². The first-order chi connectivity index (χ1) is 8.99. The SMILES string of the molecule is C[C@H](O)c1ccc(N2CCCC(C(N)=O)C2)c(F)c1. The van der Waals surface area contributed by atoms with Crippen molar-refractivity contribution in [1.82, 2.24) is 0 Å². The molecular formula is C14H19FN2O2. The number of nitrogens with zero attached hydrogens (tertiary/aromatic N) is 1. The lowest BCUT2D eigenvalue weighted by molar-refractivity contribution is -0.122. The molecule has 0 bridgehead atoms. The summed E-state index contributed by atoms with van der Waals surface area (Å²) in [6, 6.07) is 4.70. The normalized spacial score (nSPS) is 21.2. The van der Waals surface area contributed by atoms with Crippen LogP contribution < -0.4 is 10.6 Å². The van der Waals surface area contributed by atoms with Crippen molar-refractivity contribution in [2.45, 2.75) is 25.9 Å². The Bertz CT molecular complexity index is 477. The Morgan fingerprint density at radius 3 is 2.89 bits per heavy atom. The number of carbonyl (C=O) groups excluding carboxylic acids is 1. The molecule has 0 radical (unpaired) electrons. The maximum atomic E-state index is 14.1. The second-order valence-corrected chi connectivity index (χ2v) is 5.07. The van der Waals surface area contributed by atoms with Crippen LogP contribution >= 0.6 is 0 Å². The molecular weight excluding hydrogens is 247 g/mol. The fourth-order valence-corrected chi connectivity index (χ4v) is 2.47. The first-order valence-electron chi connectivity index (χ1n) is 6.51. The van der Waals surface area contributed by atoms with Crippen LogP contribution in [-0.2, 0) is 4.79 Å². The van der Waals surface area contributed by atoms with E-state index in [9.17, 15) is 14.3 Å². The zero-order valence-corrected chi connectivity index (χ0v) is 11.0. The van der Waals surface area contributed by atoms with Crippen LogP contribution in [0.2, 0.25) is 0 Å². The van der Waals surface area contributed by atoms with Crippen molar-refractivity contribution in [2.24, 2.45) is 11.7 Å². The van der Waals surface area contributed by atoms with Gasteiger partial charge in [0.05, 0.1) is 17.7 Å². The Balaban J connectivity index is 2.19. The van der Waals surface area contributed by atoms with Crippen molar-refractivity contribution in [3.05, 3.63) is 29.6 Å². The lowest BCUT2D eigenvalue weighted by Crippen LogP contribution is -2.41. The smallest absolute Gasteiger partial charge is 0.222 e. The van der Waals surface area contributed by atoms with Crippen molar-refractivity contribution in [1.29, 1.82) is 0 Å². The van der Waals surface area contributed by atoms with Crippen molar-refractivity contribution in [3.63, 3.8) is 0 Å². The molecule has 0 aromatic heterocycles. The van der Waals surface area contributed by atoms with E-state index in [4.69, 9.17) is 5.73 Å². The third kappa shape index (κ3) is 3.04. The van der Waals surface area contributed by atoms with Crippen LogP contribution in [0.5, 0.6) is 0 Å². The van der Waals surface area contributed by atoms with E-state index < -0.39 is 6.10 Å². The second-order valence-electron chi connectivity index (χ2n) is 5.07. The molecule has 3 N–H and O–H groups in total. The van der Waals surface area contributed by atoms with E-state index >= 15 is 0 Å². The van der Waals surface area contributed by atoms with Gasteiger partial charge in [0.15, 0.2) is 0 Å². The summed E-state index contributed by atoms with van der Waals surface area (Å²) >= 11 is 0. The van der Waals surface area contributed by atoms with Crippen molar-refractivity contribution < 1.29 is 14.3 Å². The summed E-state index contributed by atoms with van der Waals surface area (Å²) in [5.74, 6) is -0.918. The van der Waals surface area contributed by atoms with Gasteiger partial charge in [0.2, 0.25) is 5.91 Å². The van der Waals surface area contributed by atoms with Gasteiger partial charge in [-0.05, 0) is 37.5 Å². The number of benzene rings is 1. The van der Waals surface area contributed by atoms with Crippen molar-refractivity contribution in [2.75, 3.05) is 18.0 Å². The Morgan fingerprint density at radius 1 is 1.58 bits per heavy atom. The number of amides is 1. The summed E-state index contributed by atoms with van der Waals surface area (Å²) in [7, 11) is 0. The molecule has 1 aliphatic heterocycles. The van der Waals surface area contributed by atoms with Crippen LogP contribution in [0.3, 0.4) is 0 Å². The largest absolute Gasteiger partial charge is 0.389 e. The number of rotatable bonds is 3. The maximum Gasteiger partial charge on any atom is 0.222 e. The molecule has 2 rings (SSSR count). The van der Waals surface area contributed by atoms with Gasteiger partial charge in [-0.15, -0.1) is 0 Å². The number of carbonyl (C=O) groups is 1. The number of anilines is 1. The monoisotopic (exact) mass is 266 g/mol. The molecule has 1 amide bonds. The van der Waals surface area contributed by atoms with Crippen molar-refractivity contribution in [3.8, 4) is 0 Å². The number of hydrogen-bond donors (Lipinski definition) is 2. The first-order valence-corrected chi connectivity index (χ1v) is 6.51. The van der Waals surface area contributed by atoms with E-state index in [1.165, 1.54) is 6.07 Å². The minimum Gasteiger partial charge on any atom is -0.389 e. The molecule has 0 spiro atoms. The summed E-state index contributed by atoms with van der Waals surface area (Å²) in [5, 5.41) is 9.42. The zero-order valence-electron chi connectivity index (χ0n) is 11.0. The minimum atomic E-state index is -0.691. The van der Waals surface area contributed by atoms with Gasteiger partial charge in [-0.1, -0.05) is 6.07 Å². The number of aliphatic hydroxyl groups is 1. The predicted molar refractivity (Wildman–Crippen MR) is 71.2 cm³/mol. The van der Waals surface area contributed by atoms with E-state index in [0.717, 1.165) is 12.8 Å². The van der Waals surface area contributed by atoms with E-state index in [-0.39, 0.29) is 17.6 Å². The van der Waals surface area contributed by atoms with Crippen LogP contribution in [0.1, 0.15) is 31.4 Å². The van der Waals surface area contributed by atoms with Crippen LogP contribution in [0.25, 0.3) is 0 Å². The third-order valence-electron chi connectivity index (χ3n) is 3.62. The Labute approximate surface area is 112 Å². The van der Waals surface area contributed by atoms with E-state index in [1.807, 2.05) is 4.90 Å². The van der Waals surface area contributed by atoms with Crippen LogP contribution in [0.15, 0.2) is 18.2 Å². The second kappa shape index (κ2) is 5.57. The van der Waals surface area contributed by atoms with Crippen LogP contribution in [0, 0.1) is 11.7 Å². The molecule has 0 saturated carbocycles. The number of nitrogens with two attached hydrogens (primary N) is 1. The molecule has 104 valence electrons. The molecule has 2 atom stereocenters. The molecule has 0 aliphatic carbocycles.